The Hall–Kier alpha value is -1.35. The SMILES string of the molecule is C=C(CNC(C)C)COc1cccc(C)c1F. The third-order valence-corrected chi connectivity index (χ3v) is 2.35. The lowest BCUT2D eigenvalue weighted by atomic mass is 10.2. The van der Waals surface area contributed by atoms with Crippen LogP contribution in [0.1, 0.15) is 19.4 Å². The van der Waals surface area contributed by atoms with Gasteiger partial charge in [0.2, 0.25) is 0 Å². The van der Waals surface area contributed by atoms with Crippen LogP contribution in [-0.2, 0) is 0 Å². The molecule has 0 aliphatic carbocycles. The fourth-order valence-electron chi connectivity index (χ4n) is 1.31. The van der Waals surface area contributed by atoms with Crippen LogP contribution in [0.15, 0.2) is 30.4 Å². The summed E-state index contributed by atoms with van der Waals surface area (Å²) in [6.07, 6.45) is 0. The molecular weight excluding hydrogens is 217 g/mol. The second kappa shape index (κ2) is 6.40. The highest BCUT2D eigenvalue weighted by atomic mass is 19.1. The van der Waals surface area contributed by atoms with Gasteiger partial charge in [0.1, 0.15) is 6.61 Å². The Morgan fingerprint density at radius 2 is 2.18 bits per heavy atom. The number of nitrogens with one attached hydrogen (secondary N) is 1. The van der Waals surface area contributed by atoms with Gasteiger partial charge in [-0.15, -0.1) is 0 Å². The van der Waals surface area contributed by atoms with Crippen LogP contribution in [0.5, 0.6) is 5.75 Å². The summed E-state index contributed by atoms with van der Waals surface area (Å²) < 4.78 is 19.0. The molecule has 0 bridgehead atoms. The zero-order valence-electron chi connectivity index (χ0n) is 10.7. The van der Waals surface area contributed by atoms with E-state index in [1.807, 2.05) is 0 Å². The van der Waals surface area contributed by atoms with E-state index in [2.05, 4.69) is 25.7 Å². The molecule has 0 amide bonds. The summed E-state index contributed by atoms with van der Waals surface area (Å²) in [5, 5.41) is 3.23. The summed E-state index contributed by atoms with van der Waals surface area (Å²) in [5.74, 6) is -0.00665. The Kier molecular flexibility index (Phi) is 5.16. The molecule has 0 unspecified atom stereocenters. The quantitative estimate of drug-likeness (QED) is 0.768. The standard InChI is InChI=1S/C14H20FNO/c1-10(2)16-8-11(3)9-17-13-7-5-6-12(4)14(13)15/h5-7,10,16H,3,8-9H2,1-2,4H3. The van der Waals surface area contributed by atoms with E-state index in [1.54, 1.807) is 25.1 Å². The van der Waals surface area contributed by atoms with Gasteiger partial charge in [-0.2, -0.15) is 0 Å². The Balaban J connectivity index is 2.45. The normalized spacial score (nSPS) is 10.6. The summed E-state index contributed by atoms with van der Waals surface area (Å²) in [5.41, 5.74) is 1.49. The summed E-state index contributed by atoms with van der Waals surface area (Å²) >= 11 is 0. The maximum atomic E-state index is 13.6. The first-order valence-electron chi connectivity index (χ1n) is 5.78. The van der Waals surface area contributed by atoms with Crippen LogP contribution >= 0.6 is 0 Å². The van der Waals surface area contributed by atoms with Gasteiger partial charge < -0.3 is 10.1 Å². The minimum Gasteiger partial charge on any atom is -0.486 e. The predicted octanol–water partition coefficient (Wildman–Crippen LogP) is 3.07. The molecule has 1 aromatic carbocycles. The Morgan fingerprint density at radius 3 is 2.82 bits per heavy atom. The number of benzene rings is 1. The highest BCUT2D eigenvalue weighted by Gasteiger charge is 2.06. The molecule has 1 N–H and O–H groups in total. The van der Waals surface area contributed by atoms with Crippen molar-refractivity contribution in [3.63, 3.8) is 0 Å². The zero-order chi connectivity index (χ0) is 12.8. The molecule has 94 valence electrons. The van der Waals surface area contributed by atoms with E-state index in [-0.39, 0.29) is 11.6 Å². The van der Waals surface area contributed by atoms with Crippen molar-refractivity contribution in [3.8, 4) is 5.75 Å². The first kappa shape index (κ1) is 13.7. The van der Waals surface area contributed by atoms with Crippen molar-refractivity contribution in [1.29, 1.82) is 0 Å². The van der Waals surface area contributed by atoms with Crippen LogP contribution in [0.4, 0.5) is 4.39 Å². The molecule has 0 aliphatic heterocycles. The van der Waals surface area contributed by atoms with Crippen LogP contribution in [0, 0.1) is 12.7 Å². The van der Waals surface area contributed by atoms with Gasteiger partial charge in [-0.1, -0.05) is 32.6 Å². The first-order valence-corrected chi connectivity index (χ1v) is 5.78. The molecule has 17 heavy (non-hydrogen) atoms. The van der Waals surface area contributed by atoms with Crippen LogP contribution < -0.4 is 10.1 Å². The maximum Gasteiger partial charge on any atom is 0.167 e. The maximum absolute atomic E-state index is 13.6. The molecule has 0 saturated carbocycles. The minimum absolute atomic E-state index is 0.288. The number of aryl methyl sites for hydroxylation is 1. The van der Waals surface area contributed by atoms with E-state index in [1.165, 1.54) is 0 Å². The van der Waals surface area contributed by atoms with E-state index < -0.39 is 0 Å². The van der Waals surface area contributed by atoms with Crippen molar-refractivity contribution in [2.24, 2.45) is 0 Å². The van der Waals surface area contributed by atoms with Crippen molar-refractivity contribution in [2.75, 3.05) is 13.2 Å². The topological polar surface area (TPSA) is 21.3 Å². The molecule has 0 fully saturated rings. The van der Waals surface area contributed by atoms with Gasteiger partial charge in [0.15, 0.2) is 11.6 Å². The third kappa shape index (κ3) is 4.57. The molecule has 0 heterocycles. The van der Waals surface area contributed by atoms with Crippen molar-refractivity contribution in [1.82, 2.24) is 5.32 Å². The van der Waals surface area contributed by atoms with Crippen LogP contribution in [0.25, 0.3) is 0 Å². The van der Waals surface area contributed by atoms with Crippen LogP contribution in [0.2, 0.25) is 0 Å². The molecule has 0 aromatic heterocycles. The fraction of sp³-hybridized carbons (Fsp3) is 0.429. The van der Waals surface area contributed by atoms with E-state index >= 15 is 0 Å². The molecule has 1 aromatic rings. The van der Waals surface area contributed by atoms with E-state index in [0.29, 0.717) is 24.8 Å². The van der Waals surface area contributed by atoms with Crippen molar-refractivity contribution in [2.45, 2.75) is 26.8 Å². The Bertz CT molecular complexity index is 388. The lowest BCUT2D eigenvalue weighted by Gasteiger charge is -2.12. The molecule has 0 saturated heterocycles. The van der Waals surface area contributed by atoms with Crippen LogP contribution in [0.3, 0.4) is 0 Å². The predicted molar refractivity (Wildman–Crippen MR) is 68.9 cm³/mol. The minimum atomic E-state index is -0.294. The largest absolute Gasteiger partial charge is 0.486 e. The van der Waals surface area contributed by atoms with Crippen molar-refractivity contribution >= 4 is 0 Å². The van der Waals surface area contributed by atoms with Gasteiger partial charge in [0, 0.05) is 12.6 Å². The second-order valence-electron chi connectivity index (χ2n) is 4.46. The van der Waals surface area contributed by atoms with E-state index in [0.717, 1.165) is 5.57 Å². The molecule has 0 radical (unpaired) electrons. The second-order valence-corrected chi connectivity index (χ2v) is 4.46. The molecule has 2 nitrogen and oxygen atoms in total. The average Bonchev–Trinajstić information content (AvgIpc) is 2.28. The fourth-order valence-corrected chi connectivity index (χ4v) is 1.31. The van der Waals surface area contributed by atoms with Gasteiger partial charge in [-0.25, -0.2) is 4.39 Å². The number of rotatable bonds is 6. The summed E-state index contributed by atoms with van der Waals surface area (Å²) in [6, 6.07) is 5.54. The monoisotopic (exact) mass is 237 g/mol. The molecule has 0 aliphatic rings. The van der Waals surface area contributed by atoms with Gasteiger partial charge in [-0.3, -0.25) is 0 Å². The third-order valence-electron chi connectivity index (χ3n) is 2.35. The smallest absolute Gasteiger partial charge is 0.167 e. The van der Waals surface area contributed by atoms with Gasteiger partial charge >= 0.3 is 0 Å². The number of hydrogen-bond acceptors (Lipinski definition) is 2. The highest BCUT2D eigenvalue weighted by Crippen LogP contribution is 2.19. The van der Waals surface area contributed by atoms with Gasteiger partial charge in [0.25, 0.3) is 0 Å². The highest BCUT2D eigenvalue weighted by molar-refractivity contribution is 5.30. The zero-order valence-corrected chi connectivity index (χ0v) is 10.7. The molecule has 3 heteroatoms. The van der Waals surface area contributed by atoms with Crippen molar-refractivity contribution < 1.29 is 9.13 Å². The van der Waals surface area contributed by atoms with E-state index in [9.17, 15) is 4.39 Å². The first-order chi connectivity index (χ1) is 8.00. The van der Waals surface area contributed by atoms with E-state index in [4.69, 9.17) is 4.74 Å². The number of ether oxygens (including phenoxy) is 1. The summed E-state index contributed by atoms with van der Waals surface area (Å²) in [7, 11) is 0. The van der Waals surface area contributed by atoms with Gasteiger partial charge in [0.05, 0.1) is 0 Å². The molecular formula is C14H20FNO. The Morgan fingerprint density at radius 1 is 1.47 bits per heavy atom. The summed E-state index contributed by atoms with van der Waals surface area (Å²) in [6.45, 7) is 10.8. The molecule has 0 spiro atoms. The number of halogens is 1. The van der Waals surface area contributed by atoms with Crippen LogP contribution in [-0.4, -0.2) is 19.2 Å². The molecule has 0 atom stereocenters. The average molecular weight is 237 g/mol. The van der Waals surface area contributed by atoms with Gasteiger partial charge in [-0.05, 0) is 24.1 Å². The lowest BCUT2D eigenvalue weighted by Crippen LogP contribution is -2.26. The Labute approximate surface area is 102 Å². The number of hydrogen-bond donors (Lipinski definition) is 1. The summed E-state index contributed by atoms with van der Waals surface area (Å²) in [4.78, 5) is 0. The van der Waals surface area contributed by atoms with Crippen molar-refractivity contribution in [3.05, 3.63) is 41.7 Å². The molecule has 1 rings (SSSR count). The lowest BCUT2D eigenvalue weighted by molar-refractivity contribution is 0.327.